The summed E-state index contributed by atoms with van der Waals surface area (Å²) in [4.78, 5) is 0. The van der Waals surface area contributed by atoms with Gasteiger partial charge in [-0.05, 0) is 57.3 Å². The molecule has 2 unspecified atom stereocenters. The first-order valence-corrected chi connectivity index (χ1v) is 7.33. The highest BCUT2D eigenvalue weighted by atomic mass is 35.5. The largest absolute Gasteiger partial charge is 0.317 e. The van der Waals surface area contributed by atoms with Gasteiger partial charge in [-0.3, -0.25) is 0 Å². The molecule has 100 valence electrons. The molecule has 2 N–H and O–H groups in total. The van der Waals surface area contributed by atoms with Gasteiger partial charge >= 0.3 is 0 Å². The average Bonchev–Trinajstić information content (AvgIpc) is 2.61. The van der Waals surface area contributed by atoms with E-state index in [1.54, 1.807) is 0 Å². The van der Waals surface area contributed by atoms with Crippen molar-refractivity contribution in [3.8, 4) is 0 Å². The van der Waals surface area contributed by atoms with Crippen LogP contribution in [-0.4, -0.2) is 25.2 Å². The second-order valence-corrected chi connectivity index (χ2v) is 5.65. The van der Waals surface area contributed by atoms with E-state index in [2.05, 4.69) is 29.7 Å². The van der Waals surface area contributed by atoms with Crippen molar-refractivity contribution in [3.05, 3.63) is 34.9 Å². The Labute approximate surface area is 115 Å². The minimum absolute atomic E-state index is 0.480. The molecule has 1 aromatic rings. The maximum Gasteiger partial charge on any atom is 0.0438 e. The van der Waals surface area contributed by atoms with Gasteiger partial charge in [0, 0.05) is 17.1 Å². The van der Waals surface area contributed by atoms with Crippen molar-refractivity contribution < 1.29 is 0 Å². The summed E-state index contributed by atoms with van der Waals surface area (Å²) in [6, 6.07) is 9.27. The van der Waals surface area contributed by atoms with Crippen molar-refractivity contribution >= 4 is 11.6 Å². The third-order valence-electron chi connectivity index (χ3n) is 3.58. The Morgan fingerprint density at radius 1 is 1.33 bits per heavy atom. The number of nitrogens with one attached hydrogen (secondary N) is 2. The normalized spacial score (nSPS) is 22.4. The Bertz CT molecular complexity index is 359. The first-order chi connectivity index (χ1) is 8.75. The van der Waals surface area contributed by atoms with Gasteiger partial charge in [0.2, 0.25) is 0 Å². The Balaban J connectivity index is 1.84. The van der Waals surface area contributed by atoms with Crippen LogP contribution in [0.15, 0.2) is 24.3 Å². The fourth-order valence-electron chi connectivity index (χ4n) is 2.64. The van der Waals surface area contributed by atoms with Crippen LogP contribution in [0.2, 0.25) is 5.02 Å². The van der Waals surface area contributed by atoms with Gasteiger partial charge in [0.15, 0.2) is 0 Å². The summed E-state index contributed by atoms with van der Waals surface area (Å²) >= 11 is 6.20. The maximum atomic E-state index is 6.20. The molecule has 0 amide bonds. The molecule has 2 nitrogen and oxygen atoms in total. The Hall–Kier alpha value is -0.570. The van der Waals surface area contributed by atoms with Crippen LogP contribution in [0, 0.1) is 0 Å². The van der Waals surface area contributed by atoms with Crippen LogP contribution in [0.3, 0.4) is 0 Å². The van der Waals surface area contributed by atoms with Gasteiger partial charge in [0.1, 0.15) is 0 Å². The zero-order valence-corrected chi connectivity index (χ0v) is 11.8. The predicted molar refractivity (Wildman–Crippen MR) is 78.3 cm³/mol. The van der Waals surface area contributed by atoms with Crippen molar-refractivity contribution in [3.63, 3.8) is 0 Å². The predicted octanol–water partition coefficient (Wildman–Crippen LogP) is 3.00. The molecule has 2 atom stereocenters. The summed E-state index contributed by atoms with van der Waals surface area (Å²) < 4.78 is 0. The van der Waals surface area contributed by atoms with Crippen LogP contribution >= 0.6 is 11.6 Å². The van der Waals surface area contributed by atoms with E-state index in [9.17, 15) is 0 Å². The number of halogens is 1. The van der Waals surface area contributed by atoms with Crippen molar-refractivity contribution in [1.82, 2.24) is 10.6 Å². The molecule has 18 heavy (non-hydrogen) atoms. The second-order valence-electron chi connectivity index (χ2n) is 5.24. The molecule has 1 fully saturated rings. The van der Waals surface area contributed by atoms with Gasteiger partial charge in [0.05, 0.1) is 0 Å². The lowest BCUT2D eigenvalue weighted by Crippen LogP contribution is -2.38. The molecule has 1 aromatic carbocycles. The number of rotatable bonds is 4. The van der Waals surface area contributed by atoms with E-state index in [1.807, 2.05) is 12.1 Å². The molecular formula is C15H23ClN2. The molecule has 0 saturated carbocycles. The van der Waals surface area contributed by atoms with E-state index in [4.69, 9.17) is 11.6 Å². The third-order valence-corrected chi connectivity index (χ3v) is 3.95. The Kier molecular flexibility index (Phi) is 5.48. The topological polar surface area (TPSA) is 24.1 Å². The van der Waals surface area contributed by atoms with Crippen molar-refractivity contribution in [2.45, 2.75) is 44.7 Å². The summed E-state index contributed by atoms with van der Waals surface area (Å²) in [6.07, 6.45) is 4.78. The van der Waals surface area contributed by atoms with E-state index < -0.39 is 0 Å². The molecule has 0 aromatic heterocycles. The highest BCUT2D eigenvalue weighted by Crippen LogP contribution is 2.17. The van der Waals surface area contributed by atoms with Crippen LogP contribution in [0.25, 0.3) is 0 Å². The summed E-state index contributed by atoms with van der Waals surface area (Å²) in [5, 5.41) is 8.07. The maximum absolute atomic E-state index is 6.20. The molecule has 1 heterocycles. The molecule has 2 rings (SSSR count). The smallest absolute Gasteiger partial charge is 0.0438 e. The molecule has 0 bridgehead atoms. The summed E-state index contributed by atoms with van der Waals surface area (Å²) in [6.45, 7) is 4.55. The van der Waals surface area contributed by atoms with Gasteiger partial charge in [0.25, 0.3) is 0 Å². The summed E-state index contributed by atoms with van der Waals surface area (Å²) in [5.41, 5.74) is 1.24. The van der Waals surface area contributed by atoms with Crippen molar-refractivity contribution in [1.29, 1.82) is 0 Å². The van der Waals surface area contributed by atoms with Crippen LogP contribution < -0.4 is 10.6 Å². The van der Waals surface area contributed by atoms with Crippen LogP contribution in [0.4, 0.5) is 0 Å². The minimum Gasteiger partial charge on any atom is -0.317 e. The molecular weight excluding hydrogens is 244 g/mol. The lowest BCUT2D eigenvalue weighted by molar-refractivity contribution is 0.412. The quantitative estimate of drug-likeness (QED) is 0.876. The average molecular weight is 267 g/mol. The van der Waals surface area contributed by atoms with E-state index in [-0.39, 0.29) is 0 Å². The lowest BCUT2D eigenvalue weighted by atomic mass is 10.0. The molecule has 1 aliphatic rings. The second kappa shape index (κ2) is 7.13. The van der Waals surface area contributed by atoms with Crippen molar-refractivity contribution in [2.24, 2.45) is 0 Å². The molecule has 0 radical (unpaired) electrons. The first-order valence-electron chi connectivity index (χ1n) is 6.96. The number of hydrogen-bond donors (Lipinski definition) is 2. The number of hydrogen-bond acceptors (Lipinski definition) is 2. The zero-order chi connectivity index (χ0) is 12.8. The Morgan fingerprint density at radius 3 is 3.00 bits per heavy atom. The zero-order valence-electron chi connectivity index (χ0n) is 11.1. The van der Waals surface area contributed by atoms with Crippen LogP contribution in [0.5, 0.6) is 0 Å². The minimum atomic E-state index is 0.480. The van der Waals surface area contributed by atoms with Gasteiger partial charge < -0.3 is 10.6 Å². The monoisotopic (exact) mass is 266 g/mol. The standard InChI is InChI=1S/C15H23ClN2/c1-12(11-13-5-2-3-7-15(13)16)18-14-6-4-9-17-10-8-14/h2-3,5,7,12,14,17-18H,4,6,8-11H2,1H3. The fraction of sp³-hybridized carbons (Fsp3) is 0.600. The van der Waals surface area contributed by atoms with Gasteiger partial charge in [-0.25, -0.2) is 0 Å². The summed E-state index contributed by atoms with van der Waals surface area (Å²) in [5.74, 6) is 0. The van der Waals surface area contributed by atoms with E-state index in [0.717, 1.165) is 24.5 Å². The number of benzene rings is 1. The van der Waals surface area contributed by atoms with Crippen LogP contribution in [0.1, 0.15) is 31.7 Å². The molecule has 1 saturated heterocycles. The lowest BCUT2D eigenvalue weighted by Gasteiger charge is -2.22. The highest BCUT2D eigenvalue weighted by Gasteiger charge is 2.14. The highest BCUT2D eigenvalue weighted by molar-refractivity contribution is 6.31. The van der Waals surface area contributed by atoms with Crippen LogP contribution in [-0.2, 0) is 6.42 Å². The summed E-state index contributed by atoms with van der Waals surface area (Å²) in [7, 11) is 0. The van der Waals surface area contributed by atoms with E-state index >= 15 is 0 Å². The molecule has 1 aliphatic heterocycles. The first kappa shape index (κ1) is 13.9. The van der Waals surface area contributed by atoms with Crippen molar-refractivity contribution in [2.75, 3.05) is 13.1 Å². The van der Waals surface area contributed by atoms with Gasteiger partial charge in [-0.2, -0.15) is 0 Å². The molecule has 3 heteroatoms. The fourth-order valence-corrected chi connectivity index (χ4v) is 2.85. The SMILES string of the molecule is CC(Cc1ccccc1Cl)NC1CCCNCC1. The third kappa shape index (κ3) is 4.27. The van der Waals surface area contributed by atoms with E-state index in [0.29, 0.717) is 12.1 Å². The Morgan fingerprint density at radius 2 is 2.17 bits per heavy atom. The molecule has 0 aliphatic carbocycles. The van der Waals surface area contributed by atoms with E-state index in [1.165, 1.54) is 24.8 Å². The van der Waals surface area contributed by atoms with Gasteiger partial charge in [-0.15, -0.1) is 0 Å². The molecule has 0 spiro atoms. The van der Waals surface area contributed by atoms with Gasteiger partial charge in [-0.1, -0.05) is 29.8 Å².